The van der Waals surface area contributed by atoms with E-state index in [0.29, 0.717) is 48.5 Å². The summed E-state index contributed by atoms with van der Waals surface area (Å²) in [6, 6.07) is 20.7. The number of amides is 1. The van der Waals surface area contributed by atoms with Crippen molar-refractivity contribution in [3.05, 3.63) is 111 Å². The largest absolute Gasteiger partial charge is 0.489 e. The number of carbonyl (C=O) groups excluding carboxylic acids is 1. The summed E-state index contributed by atoms with van der Waals surface area (Å²) < 4.78 is 17.9. The number of rotatable bonds is 9. The fourth-order valence-electron chi connectivity index (χ4n) is 4.92. The quantitative estimate of drug-likeness (QED) is 0.245. The maximum Gasteiger partial charge on any atom is 0.290 e. The Balaban J connectivity index is 1.55. The van der Waals surface area contributed by atoms with Gasteiger partial charge in [0, 0.05) is 13.2 Å². The van der Waals surface area contributed by atoms with Crippen LogP contribution in [0.4, 0.5) is 0 Å². The molecule has 0 fully saturated rings. The first kappa shape index (κ1) is 25.7. The van der Waals surface area contributed by atoms with Crippen molar-refractivity contribution < 1.29 is 18.7 Å². The number of aryl methyl sites for hydroxylation is 2. The third-order valence-electron chi connectivity index (χ3n) is 7.00. The van der Waals surface area contributed by atoms with Crippen LogP contribution in [0.1, 0.15) is 64.7 Å². The molecule has 1 amide bonds. The molecule has 0 radical (unpaired) electrons. The number of carbonyl (C=O) groups is 1. The van der Waals surface area contributed by atoms with E-state index >= 15 is 0 Å². The smallest absolute Gasteiger partial charge is 0.290 e. The molecule has 1 aliphatic rings. The minimum atomic E-state index is -0.570. The maximum absolute atomic E-state index is 13.9. The van der Waals surface area contributed by atoms with Crippen LogP contribution in [0.2, 0.25) is 0 Å². The number of fused-ring (bicyclic) bond motifs is 2. The molecule has 3 aromatic carbocycles. The first-order chi connectivity index (χ1) is 18.3. The first-order valence-electron chi connectivity index (χ1n) is 13.1. The molecule has 1 aliphatic heterocycles. The molecule has 0 bridgehead atoms. The Morgan fingerprint density at radius 2 is 1.71 bits per heavy atom. The molecule has 0 saturated carbocycles. The summed E-state index contributed by atoms with van der Waals surface area (Å²) in [4.78, 5) is 29.3. The van der Waals surface area contributed by atoms with Crippen molar-refractivity contribution in [1.29, 1.82) is 0 Å². The van der Waals surface area contributed by atoms with Crippen molar-refractivity contribution in [2.24, 2.45) is 0 Å². The molecule has 2 heterocycles. The zero-order valence-corrected chi connectivity index (χ0v) is 22.3. The highest BCUT2D eigenvalue weighted by atomic mass is 16.5. The molecule has 5 rings (SSSR count). The Kier molecular flexibility index (Phi) is 7.34. The average Bonchev–Trinajstić information content (AvgIpc) is 3.19. The van der Waals surface area contributed by atoms with Crippen LogP contribution in [0.5, 0.6) is 5.75 Å². The Hall–Kier alpha value is -3.90. The lowest BCUT2D eigenvalue weighted by Crippen LogP contribution is -2.31. The van der Waals surface area contributed by atoms with Gasteiger partial charge in [-0.2, -0.15) is 0 Å². The molecule has 0 saturated heterocycles. The Morgan fingerprint density at radius 3 is 2.47 bits per heavy atom. The van der Waals surface area contributed by atoms with Crippen LogP contribution in [0.15, 0.2) is 75.9 Å². The van der Waals surface area contributed by atoms with Gasteiger partial charge in [-0.15, -0.1) is 0 Å². The van der Waals surface area contributed by atoms with E-state index in [-0.39, 0.29) is 23.2 Å². The van der Waals surface area contributed by atoms with E-state index in [2.05, 4.69) is 0 Å². The minimum Gasteiger partial charge on any atom is -0.489 e. The van der Waals surface area contributed by atoms with Gasteiger partial charge in [-0.3, -0.25) is 9.59 Å². The van der Waals surface area contributed by atoms with Crippen LogP contribution >= 0.6 is 0 Å². The normalized spacial score (nSPS) is 14.9. The maximum atomic E-state index is 13.9. The van der Waals surface area contributed by atoms with Crippen LogP contribution in [-0.4, -0.2) is 30.1 Å². The van der Waals surface area contributed by atoms with Crippen LogP contribution in [0.25, 0.3) is 11.0 Å². The zero-order chi connectivity index (χ0) is 26.8. The van der Waals surface area contributed by atoms with Gasteiger partial charge in [0.2, 0.25) is 5.76 Å². The lowest BCUT2D eigenvalue weighted by molar-refractivity contribution is 0.0593. The van der Waals surface area contributed by atoms with Gasteiger partial charge in [-0.1, -0.05) is 42.5 Å². The SMILES string of the molecule is Cc1cc2oc3c(c(=O)c2cc1C)C(c1cccc(OCc2ccccc2)c1)N(CCCOC(C)C)C3=O. The topological polar surface area (TPSA) is 69.0 Å². The zero-order valence-electron chi connectivity index (χ0n) is 22.3. The highest BCUT2D eigenvalue weighted by Crippen LogP contribution is 2.39. The molecule has 6 heteroatoms. The molecule has 196 valence electrons. The second-order valence-electron chi connectivity index (χ2n) is 10.1. The molecule has 1 atom stereocenters. The molecule has 1 unspecified atom stereocenters. The third kappa shape index (κ3) is 5.09. The van der Waals surface area contributed by atoms with E-state index in [1.54, 1.807) is 4.90 Å². The average molecular weight is 512 g/mol. The van der Waals surface area contributed by atoms with Gasteiger partial charge in [-0.25, -0.2) is 0 Å². The molecule has 38 heavy (non-hydrogen) atoms. The number of hydrogen-bond donors (Lipinski definition) is 0. The van der Waals surface area contributed by atoms with Gasteiger partial charge >= 0.3 is 0 Å². The van der Waals surface area contributed by atoms with Crippen molar-refractivity contribution in [3.8, 4) is 5.75 Å². The second kappa shape index (κ2) is 10.8. The van der Waals surface area contributed by atoms with E-state index in [4.69, 9.17) is 13.9 Å². The van der Waals surface area contributed by atoms with Gasteiger partial charge in [0.15, 0.2) is 5.43 Å². The Morgan fingerprint density at radius 1 is 0.947 bits per heavy atom. The molecule has 4 aromatic rings. The van der Waals surface area contributed by atoms with E-state index < -0.39 is 6.04 Å². The standard InChI is InChI=1S/C32H33NO5/c1-20(2)36-15-9-14-33-29(24-12-8-13-25(18-24)37-19-23-10-6-5-7-11-23)28-30(34)26-16-21(3)22(4)17-27(26)38-31(28)32(33)35/h5-8,10-13,16-18,20,29H,9,14-15,19H2,1-4H3. The fraction of sp³-hybridized carbons (Fsp3) is 0.312. The highest BCUT2D eigenvalue weighted by Gasteiger charge is 2.42. The summed E-state index contributed by atoms with van der Waals surface area (Å²) in [6.45, 7) is 9.28. The number of hydrogen-bond acceptors (Lipinski definition) is 5. The summed E-state index contributed by atoms with van der Waals surface area (Å²) in [7, 11) is 0. The molecule has 0 N–H and O–H groups in total. The Bertz CT molecular complexity index is 1520. The predicted octanol–water partition coefficient (Wildman–Crippen LogP) is 6.35. The molecule has 0 aliphatic carbocycles. The van der Waals surface area contributed by atoms with Gasteiger partial charge in [0.05, 0.1) is 23.1 Å². The van der Waals surface area contributed by atoms with Gasteiger partial charge in [0.1, 0.15) is 17.9 Å². The van der Waals surface area contributed by atoms with Crippen LogP contribution in [0, 0.1) is 13.8 Å². The van der Waals surface area contributed by atoms with Crippen molar-refractivity contribution in [2.75, 3.05) is 13.2 Å². The van der Waals surface area contributed by atoms with Gasteiger partial charge in [0.25, 0.3) is 5.91 Å². The molecule has 0 spiro atoms. The number of ether oxygens (including phenoxy) is 2. The van der Waals surface area contributed by atoms with Crippen molar-refractivity contribution in [3.63, 3.8) is 0 Å². The van der Waals surface area contributed by atoms with Gasteiger partial charge < -0.3 is 18.8 Å². The van der Waals surface area contributed by atoms with E-state index in [0.717, 1.165) is 22.3 Å². The van der Waals surface area contributed by atoms with Gasteiger partial charge in [-0.05, 0) is 80.6 Å². The van der Waals surface area contributed by atoms with Crippen molar-refractivity contribution in [2.45, 2.75) is 52.9 Å². The lowest BCUT2D eigenvalue weighted by Gasteiger charge is -2.25. The first-order valence-corrected chi connectivity index (χ1v) is 13.1. The molecular weight excluding hydrogens is 478 g/mol. The van der Waals surface area contributed by atoms with E-state index in [9.17, 15) is 9.59 Å². The van der Waals surface area contributed by atoms with E-state index in [1.807, 2.05) is 94.4 Å². The van der Waals surface area contributed by atoms with Crippen LogP contribution in [0.3, 0.4) is 0 Å². The third-order valence-corrected chi connectivity index (χ3v) is 7.00. The Labute approximate surface area is 222 Å². The highest BCUT2D eigenvalue weighted by molar-refractivity contribution is 5.99. The van der Waals surface area contributed by atoms with Crippen LogP contribution in [-0.2, 0) is 11.3 Å². The molecular formula is C32H33NO5. The molecule has 6 nitrogen and oxygen atoms in total. The van der Waals surface area contributed by atoms with Crippen LogP contribution < -0.4 is 10.2 Å². The number of nitrogens with zero attached hydrogens (tertiary/aromatic N) is 1. The summed E-state index contributed by atoms with van der Waals surface area (Å²) in [5.41, 5.74) is 4.54. The lowest BCUT2D eigenvalue weighted by atomic mass is 9.97. The summed E-state index contributed by atoms with van der Waals surface area (Å²) >= 11 is 0. The van der Waals surface area contributed by atoms with E-state index in [1.165, 1.54) is 0 Å². The second-order valence-corrected chi connectivity index (χ2v) is 10.1. The minimum absolute atomic E-state index is 0.107. The predicted molar refractivity (Wildman–Crippen MR) is 148 cm³/mol. The fourth-order valence-corrected chi connectivity index (χ4v) is 4.92. The monoisotopic (exact) mass is 511 g/mol. The van der Waals surface area contributed by atoms with Crippen molar-refractivity contribution >= 4 is 16.9 Å². The molecule has 1 aromatic heterocycles. The number of benzene rings is 3. The summed E-state index contributed by atoms with van der Waals surface area (Å²) in [6.07, 6.45) is 0.751. The summed E-state index contributed by atoms with van der Waals surface area (Å²) in [5, 5.41) is 0.492. The van der Waals surface area contributed by atoms with Crippen molar-refractivity contribution in [1.82, 2.24) is 4.90 Å². The summed E-state index contributed by atoms with van der Waals surface area (Å²) in [5.74, 6) is 0.519.